The van der Waals surface area contributed by atoms with Crippen molar-refractivity contribution >= 4 is 0 Å². The molecular weight excluding hydrogens is 172 g/mol. The zero-order valence-corrected chi connectivity index (χ0v) is 8.50. The first-order chi connectivity index (χ1) is 6.84. The predicted octanol–water partition coefficient (Wildman–Crippen LogP) is 1.27. The average molecular weight is 189 g/mol. The molecule has 75 valence electrons. The summed E-state index contributed by atoms with van der Waals surface area (Å²) in [4.78, 5) is 2.48. The fourth-order valence-corrected chi connectivity index (χ4v) is 1.77. The molecule has 14 heavy (non-hydrogen) atoms. The Bertz CT molecular complexity index is 273. The third-order valence-corrected chi connectivity index (χ3v) is 2.64. The molecule has 1 N–H and O–H groups in total. The van der Waals surface area contributed by atoms with E-state index >= 15 is 0 Å². The quantitative estimate of drug-likeness (QED) is 0.754. The minimum Gasteiger partial charge on any atom is -0.314 e. The molecule has 1 aliphatic rings. The minimum atomic E-state index is 1.07. The number of piperazine rings is 1. The maximum absolute atomic E-state index is 3.88. The molecule has 0 amide bonds. The second-order valence-corrected chi connectivity index (χ2v) is 3.84. The molecule has 0 bridgehead atoms. The Morgan fingerprint density at radius 3 is 2.43 bits per heavy atom. The standard InChI is InChI=1S/C12H17N2/c1-11-2-4-12(5-3-11)10-14-8-6-13-7-9-14/h2-5,13H,1,6-10H2. The number of nitrogens with zero attached hydrogens (tertiary/aromatic N) is 1. The van der Waals surface area contributed by atoms with Crippen LogP contribution in [-0.4, -0.2) is 31.1 Å². The summed E-state index contributed by atoms with van der Waals surface area (Å²) < 4.78 is 0. The Balaban J connectivity index is 1.92. The Hall–Kier alpha value is -0.860. The van der Waals surface area contributed by atoms with Gasteiger partial charge in [0.05, 0.1) is 0 Å². The van der Waals surface area contributed by atoms with Crippen molar-refractivity contribution in [3.63, 3.8) is 0 Å². The summed E-state index contributed by atoms with van der Waals surface area (Å²) >= 11 is 0. The van der Waals surface area contributed by atoms with E-state index in [1.165, 1.54) is 5.56 Å². The van der Waals surface area contributed by atoms with Crippen LogP contribution < -0.4 is 5.32 Å². The Labute approximate surface area is 85.9 Å². The molecule has 2 rings (SSSR count). The van der Waals surface area contributed by atoms with Crippen LogP contribution >= 0.6 is 0 Å². The lowest BCUT2D eigenvalue weighted by atomic mass is 10.1. The van der Waals surface area contributed by atoms with Gasteiger partial charge in [-0.2, -0.15) is 0 Å². The van der Waals surface area contributed by atoms with E-state index in [0.29, 0.717) is 0 Å². The summed E-state index contributed by atoms with van der Waals surface area (Å²) in [6.45, 7) is 9.51. The van der Waals surface area contributed by atoms with E-state index in [9.17, 15) is 0 Å². The summed E-state index contributed by atoms with van der Waals surface area (Å²) in [7, 11) is 0. The number of rotatable bonds is 2. The number of hydrogen-bond donors (Lipinski definition) is 1. The third-order valence-electron chi connectivity index (χ3n) is 2.64. The van der Waals surface area contributed by atoms with Crippen molar-refractivity contribution in [2.24, 2.45) is 0 Å². The number of hydrogen-bond acceptors (Lipinski definition) is 2. The van der Waals surface area contributed by atoms with Crippen molar-refractivity contribution in [2.45, 2.75) is 6.54 Å². The molecule has 2 nitrogen and oxygen atoms in total. The van der Waals surface area contributed by atoms with E-state index in [-0.39, 0.29) is 0 Å². The van der Waals surface area contributed by atoms with Gasteiger partial charge in [0.15, 0.2) is 0 Å². The van der Waals surface area contributed by atoms with Gasteiger partial charge >= 0.3 is 0 Å². The van der Waals surface area contributed by atoms with E-state index in [0.717, 1.165) is 38.3 Å². The molecule has 0 aromatic heterocycles. The molecule has 0 unspecified atom stereocenters. The van der Waals surface area contributed by atoms with Crippen LogP contribution in [0, 0.1) is 6.92 Å². The second-order valence-electron chi connectivity index (χ2n) is 3.84. The van der Waals surface area contributed by atoms with Gasteiger partial charge in [-0.05, 0) is 18.1 Å². The van der Waals surface area contributed by atoms with E-state index < -0.39 is 0 Å². The van der Waals surface area contributed by atoms with Crippen molar-refractivity contribution in [3.8, 4) is 0 Å². The highest BCUT2D eigenvalue weighted by molar-refractivity contribution is 5.24. The van der Waals surface area contributed by atoms with Crippen LogP contribution in [0.25, 0.3) is 0 Å². The SMILES string of the molecule is [CH2]c1ccc(CN2CCNCC2)cc1. The van der Waals surface area contributed by atoms with Gasteiger partial charge in [0.2, 0.25) is 0 Å². The molecular formula is C12H17N2. The van der Waals surface area contributed by atoms with E-state index in [1.54, 1.807) is 0 Å². The van der Waals surface area contributed by atoms with Crippen LogP contribution in [0.15, 0.2) is 24.3 Å². The number of nitrogens with one attached hydrogen (secondary N) is 1. The van der Waals surface area contributed by atoms with Gasteiger partial charge in [-0.3, -0.25) is 4.90 Å². The van der Waals surface area contributed by atoms with Gasteiger partial charge < -0.3 is 5.32 Å². The molecule has 0 saturated carbocycles. The summed E-state index contributed by atoms with van der Waals surface area (Å²) in [5.74, 6) is 0. The fourth-order valence-electron chi connectivity index (χ4n) is 1.77. The molecule has 1 aromatic carbocycles. The van der Waals surface area contributed by atoms with Crippen LogP contribution in [0.4, 0.5) is 0 Å². The molecule has 1 aromatic rings. The van der Waals surface area contributed by atoms with Crippen molar-refractivity contribution in [2.75, 3.05) is 26.2 Å². The lowest BCUT2D eigenvalue weighted by Gasteiger charge is -2.27. The number of benzene rings is 1. The third kappa shape index (κ3) is 2.56. The molecule has 1 radical (unpaired) electrons. The predicted molar refractivity (Wildman–Crippen MR) is 59.0 cm³/mol. The first-order valence-electron chi connectivity index (χ1n) is 5.18. The van der Waals surface area contributed by atoms with Gasteiger partial charge in [-0.15, -0.1) is 0 Å². The van der Waals surface area contributed by atoms with Gasteiger partial charge in [-0.1, -0.05) is 24.3 Å². The zero-order valence-electron chi connectivity index (χ0n) is 8.50. The molecule has 1 fully saturated rings. The van der Waals surface area contributed by atoms with Gasteiger partial charge in [0.1, 0.15) is 0 Å². The normalized spacial score (nSPS) is 18.4. The monoisotopic (exact) mass is 189 g/mol. The summed E-state index contributed by atoms with van der Waals surface area (Å²) in [5, 5.41) is 3.36. The minimum absolute atomic E-state index is 1.07. The molecule has 2 heteroatoms. The molecule has 1 heterocycles. The average Bonchev–Trinajstić information content (AvgIpc) is 2.23. The van der Waals surface area contributed by atoms with Crippen molar-refractivity contribution in [3.05, 3.63) is 42.3 Å². The Kier molecular flexibility index (Phi) is 3.17. The van der Waals surface area contributed by atoms with Crippen LogP contribution in [0.3, 0.4) is 0 Å². The summed E-state index contributed by atoms with van der Waals surface area (Å²) in [6.07, 6.45) is 0. The van der Waals surface area contributed by atoms with Crippen LogP contribution in [-0.2, 0) is 6.54 Å². The van der Waals surface area contributed by atoms with E-state index in [1.807, 2.05) is 0 Å². The topological polar surface area (TPSA) is 15.3 Å². The van der Waals surface area contributed by atoms with E-state index in [2.05, 4.69) is 41.4 Å². The first kappa shape index (κ1) is 9.69. The Morgan fingerprint density at radius 2 is 1.79 bits per heavy atom. The maximum atomic E-state index is 3.88. The van der Waals surface area contributed by atoms with Crippen LogP contribution in [0.2, 0.25) is 0 Å². The maximum Gasteiger partial charge on any atom is 0.0234 e. The molecule has 1 saturated heterocycles. The highest BCUT2D eigenvalue weighted by Crippen LogP contribution is 2.07. The van der Waals surface area contributed by atoms with Gasteiger partial charge in [0, 0.05) is 32.7 Å². The van der Waals surface area contributed by atoms with Crippen LogP contribution in [0.1, 0.15) is 11.1 Å². The summed E-state index contributed by atoms with van der Waals surface area (Å²) in [5.41, 5.74) is 2.48. The smallest absolute Gasteiger partial charge is 0.0234 e. The second kappa shape index (κ2) is 4.58. The molecule has 0 spiro atoms. The Morgan fingerprint density at radius 1 is 1.14 bits per heavy atom. The van der Waals surface area contributed by atoms with E-state index in [4.69, 9.17) is 0 Å². The summed E-state index contributed by atoms with van der Waals surface area (Å²) in [6, 6.07) is 8.50. The highest BCUT2D eigenvalue weighted by Gasteiger charge is 2.08. The zero-order chi connectivity index (χ0) is 9.80. The lowest BCUT2D eigenvalue weighted by Crippen LogP contribution is -2.42. The van der Waals surface area contributed by atoms with Crippen LogP contribution in [0.5, 0.6) is 0 Å². The van der Waals surface area contributed by atoms with Gasteiger partial charge in [0.25, 0.3) is 0 Å². The lowest BCUT2D eigenvalue weighted by molar-refractivity contribution is 0.233. The largest absolute Gasteiger partial charge is 0.314 e. The molecule has 0 aliphatic carbocycles. The van der Waals surface area contributed by atoms with Crippen molar-refractivity contribution in [1.29, 1.82) is 0 Å². The first-order valence-corrected chi connectivity index (χ1v) is 5.18. The molecule has 1 aliphatic heterocycles. The fraction of sp³-hybridized carbons (Fsp3) is 0.417. The van der Waals surface area contributed by atoms with Crippen molar-refractivity contribution < 1.29 is 0 Å². The molecule has 0 atom stereocenters. The highest BCUT2D eigenvalue weighted by atomic mass is 15.2. The van der Waals surface area contributed by atoms with Crippen molar-refractivity contribution in [1.82, 2.24) is 10.2 Å². The van der Waals surface area contributed by atoms with Gasteiger partial charge in [-0.25, -0.2) is 0 Å².